The van der Waals surface area contributed by atoms with Crippen molar-refractivity contribution in [2.75, 3.05) is 25.1 Å². The second-order valence-electron chi connectivity index (χ2n) is 3.67. The van der Waals surface area contributed by atoms with Crippen molar-refractivity contribution in [3.63, 3.8) is 0 Å². The van der Waals surface area contributed by atoms with Gasteiger partial charge in [0.1, 0.15) is 0 Å². The van der Waals surface area contributed by atoms with Crippen molar-refractivity contribution < 1.29 is 8.42 Å². The van der Waals surface area contributed by atoms with Crippen LogP contribution in [0.5, 0.6) is 0 Å². The molecule has 0 radical (unpaired) electrons. The molecule has 0 saturated heterocycles. The van der Waals surface area contributed by atoms with E-state index < -0.39 is 10.0 Å². The van der Waals surface area contributed by atoms with Crippen LogP contribution in [-0.2, 0) is 10.0 Å². The number of nitrogens with two attached hydrogens (primary N) is 1. The van der Waals surface area contributed by atoms with E-state index in [4.69, 9.17) is 5.73 Å². The summed E-state index contributed by atoms with van der Waals surface area (Å²) < 4.78 is 25.4. The zero-order valence-corrected chi connectivity index (χ0v) is 10.1. The number of rotatable bonds is 6. The molecule has 1 rings (SSSR count). The highest BCUT2D eigenvalue weighted by atomic mass is 32.2. The average molecular weight is 238 g/mol. The summed E-state index contributed by atoms with van der Waals surface area (Å²) in [4.78, 5) is 0. The Morgan fingerprint density at radius 2 is 2.14 bits per heavy atom. The molecule has 1 aliphatic carbocycles. The van der Waals surface area contributed by atoms with Gasteiger partial charge in [-0.15, -0.1) is 0 Å². The third-order valence-electron chi connectivity index (χ3n) is 2.70. The Kier molecular flexibility index (Phi) is 4.24. The third-order valence-corrected chi connectivity index (χ3v) is 5.47. The van der Waals surface area contributed by atoms with Gasteiger partial charge in [-0.1, -0.05) is 6.42 Å². The molecule has 0 aromatic rings. The van der Waals surface area contributed by atoms with Gasteiger partial charge < -0.3 is 5.73 Å². The molecule has 0 aromatic heterocycles. The molecule has 1 aliphatic rings. The first kappa shape index (κ1) is 12.3. The second-order valence-corrected chi connectivity index (χ2v) is 6.87. The summed E-state index contributed by atoms with van der Waals surface area (Å²) in [7, 11) is -3.14. The molecule has 0 heterocycles. The van der Waals surface area contributed by atoms with Crippen LogP contribution in [0.15, 0.2) is 0 Å². The minimum absolute atomic E-state index is 0.0253. The van der Waals surface area contributed by atoms with Crippen LogP contribution < -0.4 is 10.5 Å². The van der Waals surface area contributed by atoms with Crippen LogP contribution >= 0.6 is 11.8 Å². The molecule has 0 unspecified atom stereocenters. The number of sulfonamides is 1. The van der Waals surface area contributed by atoms with E-state index in [0.29, 0.717) is 6.54 Å². The van der Waals surface area contributed by atoms with Crippen molar-refractivity contribution in [1.82, 2.24) is 4.72 Å². The zero-order chi connectivity index (χ0) is 10.7. The molecule has 0 amide bonds. The lowest BCUT2D eigenvalue weighted by Crippen LogP contribution is -2.46. The lowest BCUT2D eigenvalue weighted by atomic mass is 9.84. The maximum atomic E-state index is 11.3. The Morgan fingerprint density at radius 3 is 2.50 bits per heavy atom. The van der Waals surface area contributed by atoms with Crippen LogP contribution in [0.3, 0.4) is 0 Å². The van der Waals surface area contributed by atoms with Gasteiger partial charge in [-0.2, -0.15) is 11.8 Å². The zero-order valence-electron chi connectivity index (χ0n) is 8.45. The third kappa shape index (κ3) is 3.12. The van der Waals surface area contributed by atoms with Crippen molar-refractivity contribution in [3.8, 4) is 0 Å². The number of hydrogen-bond donors (Lipinski definition) is 2. The summed E-state index contributed by atoms with van der Waals surface area (Å²) >= 11 is 1.76. The SMILES string of the molecule is CSC1(CNS(=O)(=O)CCN)CCC1. The molecule has 1 saturated carbocycles. The first-order valence-corrected chi connectivity index (χ1v) is 7.64. The minimum Gasteiger partial charge on any atom is -0.329 e. The molecule has 6 heteroatoms. The molecule has 0 aromatic carbocycles. The summed E-state index contributed by atoms with van der Waals surface area (Å²) in [5, 5.41) is 0. The molecular formula is C8H18N2O2S2. The van der Waals surface area contributed by atoms with E-state index in [9.17, 15) is 8.42 Å². The Balaban J connectivity index is 2.39. The summed E-state index contributed by atoms with van der Waals surface area (Å²) in [6.07, 6.45) is 5.47. The molecule has 14 heavy (non-hydrogen) atoms. The number of hydrogen-bond acceptors (Lipinski definition) is 4. The fourth-order valence-corrected chi connectivity index (χ4v) is 3.45. The van der Waals surface area contributed by atoms with Crippen LogP contribution in [0.25, 0.3) is 0 Å². The van der Waals surface area contributed by atoms with E-state index >= 15 is 0 Å². The highest BCUT2D eigenvalue weighted by Gasteiger charge is 2.36. The first-order valence-electron chi connectivity index (χ1n) is 4.76. The largest absolute Gasteiger partial charge is 0.329 e. The maximum Gasteiger partial charge on any atom is 0.212 e. The van der Waals surface area contributed by atoms with Gasteiger partial charge in [0.15, 0.2) is 0 Å². The molecule has 4 nitrogen and oxygen atoms in total. The fraction of sp³-hybridized carbons (Fsp3) is 1.00. The van der Waals surface area contributed by atoms with Crippen molar-refractivity contribution in [3.05, 3.63) is 0 Å². The van der Waals surface area contributed by atoms with E-state index in [1.165, 1.54) is 6.42 Å². The topological polar surface area (TPSA) is 72.2 Å². The summed E-state index contributed by atoms with van der Waals surface area (Å²) in [6.45, 7) is 0.734. The van der Waals surface area contributed by atoms with Gasteiger partial charge >= 0.3 is 0 Å². The molecular weight excluding hydrogens is 220 g/mol. The van der Waals surface area contributed by atoms with Crippen molar-refractivity contribution in [2.24, 2.45) is 5.73 Å². The van der Waals surface area contributed by atoms with Gasteiger partial charge in [0, 0.05) is 17.8 Å². The molecule has 0 aliphatic heterocycles. The Bertz CT molecular complexity index is 268. The van der Waals surface area contributed by atoms with E-state index in [1.54, 1.807) is 11.8 Å². The van der Waals surface area contributed by atoms with Gasteiger partial charge in [0.05, 0.1) is 5.75 Å². The summed E-state index contributed by atoms with van der Waals surface area (Å²) in [6, 6.07) is 0. The molecule has 0 atom stereocenters. The second kappa shape index (κ2) is 4.83. The number of nitrogens with one attached hydrogen (secondary N) is 1. The van der Waals surface area contributed by atoms with Crippen molar-refractivity contribution in [1.29, 1.82) is 0 Å². The van der Waals surface area contributed by atoms with Gasteiger partial charge in [-0.3, -0.25) is 0 Å². The monoisotopic (exact) mass is 238 g/mol. The molecule has 3 N–H and O–H groups in total. The summed E-state index contributed by atoms with van der Waals surface area (Å²) in [5.74, 6) is 0.0253. The number of thioether (sulfide) groups is 1. The van der Waals surface area contributed by atoms with Crippen molar-refractivity contribution in [2.45, 2.75) is 24.0 Å². The molecule has 0 spiro atoms. The molecule has 0 bridgehead atoms. The van der Waals surface area contributed by atoms with E-state index in [-0.39, 0.29) is 17.0 Å². The highest BCUT2D eigenvalue weighted by molar-refractivity contribution is 8.00. The lowest BCUT2D eigenvalue weighted by molar-refractivity contribution is 0.362. The molecule has 1 fully saturated rings. The van der Waals surface area contributed by atoms with Gasteiger partial charge in [0.2, 0.25) is 10.0 Å². The smallest absolute Gasteiger partial charge is 0.212 e. The van der Waals surface area contributed by atoms with Crippen LogP contribution in [0.2, 0.25) is 0 Å². The maximum absolute atomic E-state index is 11.3. The van der Waals surface area contributed by atoms with Crippen LogP contribution in [0.4, 0.5) is 0 Å². The highest BCUT2D eigenvalue weighted by Crippen LogP contribution is 2.42. The van der Waals surface area contributed by atoms with Crippen LogP contribution in [-0.4, -0.2) is 38.3 Å². The minimum atomic E-state index is -3.14. The van der Waals surface area contributed by atoms with Crippen molar-refractivity contribution >= 4 is 21.8 Å². The molecule has 84 valence electrons. The van der Waals surface area contributed by atoms with Gasteiger partial charge in [0.25, 0.3) is 0 Å². The standard InChI is InChI=1S/C8H18N2O2S2/c1-13-8(3-2-4-8)7-10-14(11,12)6-5-9/h10H,2-7,9H2,1H3. The lowest BCUT2D eigenvalue weighted by Gasteiger charge is -2.40. The Hall–Kier alpha value is 0.220. The van der Waals surface area contributed by atoms with E-state index in [0.717, 1.165) is 12.8 Å². The Morgan fingerprint density at radius 1 is 1.50 bits per heavy atom. The van der Waals surface area contributed by atoms with Crippen LogP contribution in [0.1, 0.15) is 19.3 Å². The predicted molar refractivity (Wildman–Crippen MR) is 60.9 cm³/mol. The van der Waals surface area contributed by atoms with Gasteiger partial charge in [-0.05, 0) is 19.1 Å². The van der Waals surface area contributed by atoms with E-state index in [2.05, 4.69) is 4.72 Å². The Labute approximate surface area is 90.1 Å². The first-order chi connectivity index (χ1) is 6.54. The predicted octanol–water partition coefficient (Wildman–Crippen LogP) is 0.150. The summed E-state index contributed by atoms with van der Waals surface area (Å²) in [5.41, 5.74) is 5.21. The quantitative estimate of drug-likeness (QED) is 0.691. The normalized spacial score (nSPS) is 20.4. The van der Waals surface area contributed by atoms with E-state index in [1.807, 2.05) is 6.26 Å². The van der Waals surface area contributed by atoms with Crippen LogP contribution in [0, 0.1) is 0 Å². The van der Waals surface area contributed by atoms with Gasteiger partial charge in [-0.25, -0.2) is 13.1 Å². The fourth-order valence-electron chi connectivity index (χ4n) is 1.49. The average Bonchev–Trinajstić information content (AvgIpc) is 2.03.